The molecular formula is C13H20N2O3. The summed E-state index contributed by atoms with van der Waals surface area (Å²) in [4.78, 5) is 13.0. The van der Waals surface area contributed by atoms with Gasteiger partial charge in [-0.3, -0.25) is 4.79 Å². The van der Waals surface area contributed by atoms with Gasteiger partial charge < -0.3 is 19.7 Å². The van der Waals surface area contributed by atoms with Crippen LogP contribution in [0, 0.1) is 0 Å². The summed E-state index contributed by atoms with van der Waals surface area (Å²) in [5, 5.41) is 3.08. The van der Waals surface area contributed by atoms with Crippen LogP contribution < -0.4 is 14.8 Å². The number of ether oxygens (including phenoxy) is 2. The zero-order chi connectivity index (χ0) is 13.5. The lowest BCUT2D eigenvalue weighted by Crippen LogP contribution is -2.32. The van der Waals surface area contributed by atoms with Gasteiger partial charge in [-0.1, -0.05) is 0 Å². The lowest BCUT2D eigenvalue weighted by molar-refractivity contribution is -0.127. The van der Waals surface area contributed by atoms with E-state index in [0.29, 0.717) is 13.1 Å². The highest BCUT2D eigenvalue weighted by Crippen LogP contribution is 2.23. The summed E-state index contributed by atoms with van der Waals surface area (Å²) in [5.74, 6) is 1.59. The van der Waals surface area contributed by atoms with Gasteiger partial charge in [0.15, 0.2) is 0 Å². The van der Waals surface area contributed by atoms with Crippen LogP contribution >= 0.6 is 0 Å². The lowest BCUT2D eigenvalue weighted by atomic mass is 10.2. The van der Waals surface area contributed by atoms with Gasteiger partial charge >= 0.3 is 0 Å². The fraction of sp³-hybridized carbons (Fsp3) is 0.462. The van der Waals surface area contributed by atoms with Gasteiger partial charge in [0, 0.05) is 26.2 Å². The number of nitrogens with zero attached hydrogens (tertiary/aromatic N) is 1. The summed E-state index contributed by atoms with van der Waals surface area (Å²) in [6.07, 6.45) is 0. The number of benzene rings is 1. The summed E-state index contributed by atoms with van der Waals surface area (Å²) in [6.45, 7) is 0.854. The third kappa shape index (κ3) is 3.92. The Morgan fingerprint density at radius 1 is 1.28 bits per heavy atom. The molecule has 1 N–H and O–H groups in total. The summed E-state index contributed by atoms with van der Waals surface area (Å²) < 4.78 is 10.4. The summed E-state index contributed by atoms with van der Waals surface area (Å²) >= 11 is 0. The first-order chi connectivity index (χ1) is 8.58. The van der Waals surface area contributed by atoms with E-state index < -0.39 is 0 Å². The van der Waals surface area contributed by atoms with E-state index in [1.54, 1.807) is 33.2 Å². The average Bonchev–Trinajstić information content (AvgIpc) is 2.38. The molecule has 0 bridgehead atoms. The van der Waals surface area contributed by atoms with Gasteiger partial charge in [0.05, 0.1) is 20.8 Å². The topological polar surface area (TPSA) is 50.8 Å². The largest absolute Gasteiger partial charge is 0.497 e. The number of methoxy groups -OCH3 is 2. The summed E-state index contributed by atoms with van der Waals surface area (Å²) in [6, 6.07) is 5.59. The van der Waals surface area contributed by atoms with Crippen LogP contribution in [0.15, 0.2) is 18.2 Å². The molecule has 0 heterocycles. The Bertz CT molecular complexity index is 405. The molecule has 0 saturated heterocycles. The summed E-state index contributed by atoms with van der Waals surface area (Å²) in [5.41, 5.74) is 0.961. The molecule has 0 aliphatic rings. The maximum absolute atomic E-state index is 11.4. The standard InChI is InChI=1S/C13H20N2O3/c1-15(2)13(16)9-14-8-10-7-11(17-3)5-6-12(10)18-4/h5-7,14H,8-9H2,1-4H3. The van der Waals surface area contributed by atoms with Crippen molar-refractivity contribution < 1.29 is 14.3 Å². The van der Waals surface area contributed by atoms with Crippen molar-refractivity contribution in [2.75, 3.05) is 34.9 Å². The highest BCUT2D eigenvalue weighted by molar-refractivity contribution is 5.77. The molecule has 0 radical (unpaired) electrons. The predicted octanol–water partition coefficient (Wildman–Crippen LogP) is 0.882. The minimum atomic E-state index is 0.0388. The van der Waals surface area contributed by atoms with Crippen LogP contribution in [0.3, 0.4) is 0 Å². The molecule has 0 fully saturated rings. The predicted molar refractivity (Wildman–Crippen MR) is 69.9 cm³/mol. The van der Waals surface area contributed by atoms with Gasteiger partial charge in [-0.05, 0) is 18.2 Å². The third-order valence-corrected chi connectivity index (χ3v) is 2.58. The second-order valence-corrected chi connectivity index (χ2v) is 4.07. The highest BCUT2D eigenvalue weighted by Gasteiger charge is 2.07. The molecule has 0 aromatic heterocycles. The van der Waals surface area contributed by atoms with Crippen molar-refractivity contribution in [3.63, 3.8) is 0 Å². The van der Waals surface area contributed by atoms with E-state index in [1.165, 1.54) is 0 Å². The van der Waals surface area contributed by atoms with Crippen molar-refractivity contribution in [3.8, 4) is 11.5 Å². The second-order valence-electron chi connectivity index (χ2n) is 4.07. The maximum Gasteiger partial charge on any atom is 0.236 e. The smallest absolute Gasteiger partial charge is 0.236 e. The van der Waals surface area contributed by atoms with Crippen molar-refractivity contribution in [2.45, 2.75) is 6.54 Å². The SMILES string of the molecule is COc1ccc(OC)c(CNCC(=O)N(C)C)c1. The van der Waals surface area contributed by atoms with Crippen LogP contribution in [-0.4, -0.2) is 45.7 Å². The van der Waals surface area contributed by atoms with E-state index in [4.69, 9.17) is 9.47 Å². The first-order valence-corrected chi connectivity index (χ1v) is 5.70. The van der Waals surface area contributed by atoms with Crippen molar-refractivity contribution >= 4 is 5.91 Å². The van der Waals surface area contributed by atoms with Crippen LogP contribution in [0.25, 0.3) is 0 Å². The minimum absolute atomic E-state index is 0.0388. The zero-order valence-corrected chi connectivity index (χ0v) is 11.3. The first kappa shape index (κ1) is 14.3. The molecule has 1 aromatic carbocycles. The molecule has 0 aliphatic carbocycles. The molecule has 0 saturated carbocycles. The van der Waals surface area contributed by atoms with E-state index in [2.05, 4.69) is 5.32 Å². The monoisotopic (exact) mass is 252 g/mol. The Morgan fingerprint density at radius 2 is 2.00 bits per heavy atom. The molecule has 1 rings (SSSR count). The third-order valence-electron chi connectivity index (χ3n) is 2.58. The normalized spacial score (nSPS) is 10.0. The Kier molecular flexibility index (Phi) is 5.45. The van der Waals surface area contributed by atoms with Gasteiger partial charge in [-0.25, -0.2) is 0 Å². The van der Waals surface area contributed by atoms with Crippen LogP contribution in [0.4, 0.5) is 0 Å². The molecule has 5 nitrogen and oxygen atoms in total. The van der Waals surface area contributed by atoms with Gasteiger partial charge in [-0.2, -0.15) is 0 Å². The molecule has 0 aliphatic heterocycles. The second kappa shape index (κ2) is 6.86. The van der Waals surface area contributed by atoms with Crippen LogP contribution in [0.1, 0.15) is 5.56 Å². The lowest BCUT2D eigenvalue weighted by Gasteiger charge is -2.13. The minimum Gasteiger partial charge on any atom is -0.497 e. The molecule has 1 amide bonds. The van der Waals surface area contributed by atoms with E-state index in [0.717, 1.165) is 17.1 Å². The molecule has 0 atom stereocenters. The van der Waals surface area contributed by atoms with Crippen LogP contribution in [0.2, 0.25) is 0 Å². The molecule has 5 heteroatoms. The van der Waals surface area contributed by atoms with E-state index in [1.807, 2.05) is 18.2 Å². The summed E-state index contributed by atoms with van der Waals surface area (Å²) in [7, 11) is 6.71. The highest BCUT2D eigenvalue weighted by atomic mass is 16.5. The van der Waals surface area contributed by atoms with E-state index >= 15 is 0 Å². The van der Waals surface area contributed by atoms with Crippen LogP contribution in [0.5, 0.6) is 11.5 Å². The van der Waals surface area contributed by atoms with E-state index in [-0.39, 0.29) is 5.91 Å². The van der Waals surface area contributed by atoms with Crippen molar-refractivity contribution in [1.29, 1.82) is 0 Å². The Morgan fingerprint density at radius 3 is 2.56 bits per heavy atom. The number of carbonyl (C=O) groups is 1. The number of nitrogens with one attached hydrogen (secondary N) is 1. The molecule has 0 spiro atoms. The van der Waals surface area contributed by atoms with Crippen molar-refractivity contribution in [3.05, 3.63) is 23.8 Å². The van der Waals surface area contributed by atoms with Crippen molar-refractivity contribution in [1.82, 2.24) is 10.2 Å². The quantitative estimate of drug-likeness (QED) is 0.816. The molecular weight excluding hydrogens is 232 g/mol. The molecule has 1 aromatic rings. The molecule has 18 heavy (non-hydrogen) atoms. The number of hydrogen-bond acceptors (Lipinski definition) is 4. The van der Waals surface area contributed by atoms with E-state index in [9.17, 15) is 4.79 Å². The van der Waals surface area contributed by atoms with Gasteiger partial charge in [0.1, 0.15) is 11.5 Å². The zero-order valence-electron chi connectivity index (χ0n) is 11.3. The Labute approximate surface area is 108 Å². The maximum atomic E-state index is 11.4. The fourth-order valence-electron chi connectivity index (χ4n) is 1.48. The number of carbonyl (C=O) groups excluding carboxylic acids is 1. The van der Waals surface area contributed by atoms with Gasteiger partial charge in [0.2, 0.25) is 5.91 Å². The van der Waals surface area contributed by atoms with Gasteiger partial charge in [0.25, 0.3) is 0 Å². The number of amides is 1. The Balaban J connectivity index is 2.62. The molecule has 0 unspecified atom stereocenters. The van der Waals surface area contributed by atoms with Crippen molar-refractivity contribution in [2.24, 2.45) is 0 Å². The number of likely N-dealkylation sites (N-methyl/N-ethyl adjacent to an activating group) is 1. The number of rotatable bonds is 6. The fourth-order valence-corrected chi connectivity index (χ4v) is 1.48. The Hall–Kier alpha value is -1.75. The van der Waals surface area contributed by atoms with Crippen LogP contribution in [-0.2, 0) is 11.3 Å². The number of hydrogen-bond donors (Lipinski definition) is 1. The average molecular weight is 252 g/mol. The first-order valence-electron chi connectivity index (χ1n) is 5.70. The van der Waals surface area contributed by atoms with Gasteiger partial charge in [-0.15, -0.1) is 0 Å². The molecule has 100 valence electrons.